The molecule has 0 radical (unpaired) electrons. The Morgan fingerprint density at radius 3 is 2.74 bits per heavy atom. The van der Waals surface area contributed by atoms with Gasteiger partial charge in [-0.2, -0.15) is 0 Å². The van der Waals surface area contributed by atoms with Gasteiger partial charge in [0.15, 0.2) is 0 Å². The van der Waals surface area contributed by atoms with Gasteiger partial charge in [-0.15, -0.1) is 11.8 Å². The maximum Gasteiger partial charge on any atom is 0.0401 e. The molecular formula is C19H22N2S2. The fourth-order valence-corrected chi connectivity index (χ4v) is 5.10. The quantitative estimate of drug-likeness (QED) is 0.828. The summed E-state index contributed by atoms with van der Waals surface area (Å²) in [5.41, 5.74) is 3.00. The molecule has 0 amide bonds. The summed E-state index contributed by atoms with van der Waals surface area (Å²) in [4.78, 5) is 6.89. The van der Waals surface area contributed by atoms with Crippen molar-refractivity contribution in [2.45, 2.75) is 27.1 Å². The molecule has 2 heterocycles. The Bertz CT molecular complexity index is 696. The molecule has 0 saturated carbocycles. The Balaban J connectivity index is 1.79. The van der Waals surface area contributed by atoms with Gasteiger partial charge >= 0.3 is 0 Å². The number of fused-ring (bicyclic) bond motifs is 2. The predicted octanol–water partition coefficient (Wildman–Crippen LogP) is 4.06. The standard InChI is InChI=1S/C19H22N2S2/c1-22-15-6-7-19-16(13-15)17(21-10-8-20-9-11-21)12-14-4-2-3-5-18(14)23-19/h2-7,13,17,20H,8-12H2,1H3. The van der Waals surface area contributed by atoms with Gasteiger partial charge in [0, 0.05) is 46.9 Å². The minimum absolute atomic E-state index is 0.496. The summed E-state index contributed by atoms with van der Waals surface area (Å²) in [5, 5.41) is 3.48. The minimum Gasteiger partial charge on any atom is -0.314 e. The molecule has 1 fully saturated rings. The molecule has 0 bridgehead atoms. The summed E-state index contributed by atoms with van der Waals surface area (Å²) in [6.45, 7) is 4.48. The predicted molar refractivity (Wildman–Crippen MR) is 99.7 cm³/mol. The van der Waals surface area contributed by atoms with Gasteiger partial charge in [0.2, 0.25) is 0 Å². The first-order chi connectivity index (χ1) is 11.3. The summed E-state index contributed by atoms with van der Waals surface area (Å²) in [6, 6.07) is 16.4. The second kappa shape index (κ2) is 6.89. The molecule has 0 spiro atoms. The summed E-state index contributed by atoms with van der Waals surface area (Å²) in [5.74, 6) is 0. The third-order valence-corrected chi connectivity index (χ3v) is 6.71. The third kappa shape index (κ3) is 3.18. The van der Waals surface area contributed by atoms with Crippen molar-refractivity contribution in [2.24, 2.45) is 0 Å². The van der Waals surface area contributed by atoms with Crippen molar-refractivity contribution in [3.63, 3.8) is 0 Å². The van der Waals surface area contributed by atoms with Gasteiger partial charge in [-0.1, -0.05) is 30.0 Å². The molecule has 2 aliphatic rings. The van der Waals surface area contributed by atoms with Crippen LogP contribution < -0.4 is 5.32 Å². The summed E-state index contributed by atoms with van der Waals surface area (Å²) in [7, 11) is 0. The Morgan fingerprint density at radius 2 is 1.91 bits per heavy atom. The zero-order valence-electron chi connectivity index (χ0n) is 13.4. The lowest BCUT2D eigenvalue weighted by atomic mass is 9.97. The fraction of sp³-hybridized carbons (Fsp3) is 0.368. The van der Waals surface area contributed by atoms with E-state index in [9.17, 15) is 0 Å². The monoisotopic (exact) mass is 342 g/mol. The van der Waals surface area contributed by atoms with E-state index in [0.29, 0.717) is 6.04 Å². The third-order valence-electron chi connectivity index (χ3n) is 4.77. The molecule has 0 aliphatic carbocycles. The van der Waals surface area contributed by atoms with Crippen molar-refractivity contribution in [1.82, 2.24) is 10.2 Å². The van der Waals surface area contributed by atoms with E-state index in [1.807, 2.05) is 23.5 Å². The van der Waals surface area contributed by atoms with Crippen LogP contribution in [-0.2, 0) is 6.42 Å². The molecule has 1 atom stereocenters. The van der Waals surface area contributed by atoms with Crippen LogP contribution in [0.1, 0.15) is 17.2 Å². The Morgan fingerprint density at radius 1 is 1.09 bits per heavy atom. The van der Waals surface area contributed by atoms with E-state index >= 15 is 0 Å². The SMILES string of the molecule is CSc1ccc2c(c1)C(N1CCNCC1)Cc1ccccc1S2. The number of benzene rings is 2. The summed E-state index contributed by atoms with van der Waals surface area (Å²) in [6.07, 6.45) is 3.29. The van der Waals surface area contributed by atoms with E-state index in [4.69, 9.17) is 0 Å². The molecule has 1 N–H and O–H groups in total. The molecule has 2 aromatic carbocycles. The van der Waals surface area contributed by atoms with Gasteiger partial charge in [-0.25, -0.2) is 0 Å². The smallest absolute Gasteiger partial charge is 0.0401 e. The first-order valence-electron chi connectivity index (χ1n) is 8.23. The zero-order chi connectivity index (χ0) is 15.6. The Labute approximate surface area is 147 Å². The second-order valence-corrected chi connectivity index (χ2v) is 8.08. The van der Waals surface area contributed by atoms with Gasteiger partial charge in [-0.3, -0.25) is 4.90 Å². The van der Waals surface area contributed by atoms with Gasteiger partial charge in [0.05, 0.1) is 0 Å². The fourth-order valence-electron chi connectivity index (χ4n) is 3.54. The number of piperazine rings is 1. The largest absolute Gasteiger partial charge is 0.314 e. The molecule has 0 aromatic heterocycles. The van der Waals surface area contributed by atoms with Crippen LogP contribution in [0.2, 0.25) is 0 Å². The minimum atomic E-state index is 0.496. The Kier molecular flexibility index (Phi) is 4.67. The number of rotatable bonds is 2. The first kappa shape index (κ1) is 15.6. The molecule has 4 rings (SSSR count). The van der Waals surface area contributed by atoms with E-state index in [1.165, 1.54) is 25.8 Å². The van der Waals surface area contributed by atoms with E-state index < -0.39 is 0 Å². The number of nitrogens with one attached hydrogen (secondary N) is 1. The molecule has 23 heavy (non-hydrogen) atoms. The van der Waals surface area contributed by atoms with Crippen LogP contribution in [0.3, 0.4) is 0 Å². The van der Waals surface area contributed by atoms with Gasteiger partial charge in [0.25, 0.3) is 0 Å². The van der Waals surface area contributed by atoms with Crippen molar-refractivity contribution >= 4 is 23.5 Å². The number of hydrogen-bond acceptors (Lipinski definition) is 4. The summed E-state index contributed by atoms with van der Waals surface area (Å²) < 4.78 is 0. The van der Waals surface area contributed by atoms with Crippen LogP contribution >= 0.6 is 23.5 Å². The maximum absolute atomic E-state index is 3.48. The number of hydrogen-bond donors (Lipinski definition) is 1. The summed E-state index contributed by atoms with van der Waals surface area (Å²) >= 11 is 3.78. The highest BCUT2D eigenvalue weighted by atomic mass is 32.2. The van der Waals surface area contributed by atoms with Crippen LogP contribution in [0.4, 0.5) is 0 Å². The molecular weight excluding hydrogens is 320 g/mol. The molecule has 2 nitrogen and oxygen atoms in total. The molecule has 120 valence electrons. The van der Waals surface area contributed by atoms with E-state index in [-0.39, 0.29) is 0 Å². The van der Waals surface area contributed by atoms with Gasteiger partial charge in [0.1, 0.15) is 0 Å². The first-order valence-corrected chi connectivity index (χ1v) is 10.3. The zero-order valence-corrected chi connectivity index (χ0v) is 15.1. The van der Waals surface area contributed by atoms with Crippen molar-refractivity contribution in [2.75, 3.05) is 32.4 Å². The Hall–Kier alpha value is -0.940. The lowest BCUT2D eigenvalue weighted by molar-refractivity contribution is 0.170. The molecule has 2 aliphatic heterocycles. The highest BCUT2D eigenvalue weighted by Gasteiger charge is 2.28. The molecule has 2 aromatic rings. The van der Waals surface area contributed by atoms with Crippen molar-refractivity contribution in [1.29, 1.82) is 0 Å². The van der Waals surface area contributed by atoms with E-state index in [1.54, 1.807) is 0 Å². The number of thioether (sulfide) groups is 1. The highest BCUT2D eigenvalue weighted by Crippen LogP contribution is 2.43. The number of nitrogens with zero attached hydrogens (tertiary/aromatic N) is 1. The van der Waals surface area contributed by atoms with Crippen LogP contribution in [-0.4, -0.2) is 37.3 Å². The van der Waals surface area contributed by atoms with Crippen LogP contribution in [0.15, 0.2) is 57.2 Å². The average Bonchev–Trinajstić information content (AvgIpc) is 2.78. The topological polar surface area (TPSA) is 15.3 Å². The van der Waals surface area contributed by atoms with Crippen molar-refractivity contribution < 1.29 is 0 Å². The maximum atomic E-state index is 3.48. The second-order valence-electron chi connectivity index (χ2n) is 6.12. The lowest BCUT2D eigenvalue weighted by Gasteiger charge is -2.35. The van der Waals surface area contributed by atoms with Gasteiger partial charge in [-0.05, 0) is 48.1 Å². The van der Waals surface area contributed by atoms with Crippen molar-refractivity contribution in [3.8, 4) is 0 Å². The van der Waals surface area contributed by atoms with E-state index in [2.05, 4.69) is 58.9 Å². The highest BCUT2D eigenvalue weighted by molar-refractivity contribution is 7.99. The lowest BCUT2D eigenvalue weighted by Crippen LogP contribution is -2.45. The average molecular weight is 343 g/mol. The molecule has 4 heteroatoms. The molecule has 1 saturated heterocycles. The van der Waals surface area contributed by atoms with Crippen LogP contribution in [0.25, 0.3) is 0 Å². The van der Waals surface area contributed by atoms with Crippen LogP contribution in [0, 0.1) is 0 Å². The van der Waals surface area contributed by atoms with Gasteiger partial charge < -0.3 is 5.32 Å². The molecule has 1 unspecified atom stereocenters. The van der Waals surface area contributed by atoms with Crippen LogP contribution in [0.5, 0.6) is 0 Å². The van der Waals surface area contributed by atoms with E-state index in [0.717, 1.165) is 32.6 Å². The van der Waals surface area contributed by atoms with Crippen molar-refractivity contribution in [3.05, 3.63) is 53.6 Å². The normalized spacial score (nSPS) is 21.3.